The third kappa shape index (κ3) is 30.5. The molecule has 4 amide bonds. The van der Waals surface area contributed by atoms with Crippen LogP contribution in [0.3, 0.4) is 0 Å². The molecule has 2 aliphatic rings. The lowest BCUT2D eigenvalue weighted by Crippen LogP contribution is -2.50. The predicted octanol–water partition coefficient (Wildman–Crippen LogP) is 5.56. The van der Waals surface area contributed by atoms with Crippen molar-refractivity contribution in [2.45, 2.75) is 199 Å². The molecule has 2 fully saturated rings. The van der Waals surface area contributed by atoms with Crippen molar-refractivity contribution in [3.8, 4) is 12.3 Å². The van der Waals surface area contributed by atoms with E-state index in [0.29, 0.717) is 180 Å². The summed E-state index contributed by atoms with van der Waals surface area (Å²) in [6, 6.07) is -0.812. The van der Waals surface area contributed by atoms with Crippen LogP contribution < -0.4 is 37.2 Å². The molecular weight excluding hydrogens is 1160 g/mol. The van der Waals surface area contributed by atoms with Crippen LogP contribution in [0.25, 0.3) is 0 Å². The highest BCUT2D eigenvalue weighted by molar-refractivity contribution is 5.80. The highest BCUT2D eigenvalue weighted by atomic mass is 16.5. The first-order chi connectivity index (χ1) is 44.6. The number of nitrogens with two attached hydrogens (primary N) is 2. The summed E-state index contributed by atoms with van der Waals surface area (Å²) >= 11 is 0. The Bertz CT molecular complexity index is 2480. The van der Waals surface area contributed by atoms with Crippen LogP contribution in [0.1, 0.15) is 198 Å². The average Bonchev–Trinajstić information content (AvgIpc) is 1.93. The summed E-state index contributed by atoms with van der Waals surface area (Å²) in [5, 5.41) is 35.8. The minimum Gasteiger partial charge on any atom is -0.396 e. The van der Waals surface area contributed by atoms with Crippen molar-refractivity contribution in [2.24, 2.45) is 17.4 Å². The van der Waals surface area contributed by atoms with E-state index in [1.54, 1.807) is 15.6 Å². The van der Waals surface area contributed by atoms with E-state index < -0.39 is 6.04 Å². The average molecular weight is 1280 g/mol. The minimum atomic E-state index is -0.441. The molecule has 8 N–H and O–H groups in total. The minimum absolute atomic E-state index is 0.0000305. The van der Waals surface area contributed by atoms with E-state index in [-0.39, 0.29) is 42.9 Å². The van der Waals surface area contributed by atoms with Gasteiger partial charge in [0.1, 0.15) is 18.7 Å². The Labute approximate surface area is 542 Å². The number of anilines is 3. The highest BCUT2D eigenvalue weighted by Gasteiger charge is 2.28. The molecule has 2 saturated heterocycles. The zero-order chi connectivity index (χ0) is 64.9. The van der Waals surface area contributed by atoms with Crippen LogP contribution in [0, 0.1) is 18.3 Å². The molecule has 0 spiro atoms. The van der Waals surface area contributed by atoms with E-state index in [1.165, 1.54) is 0 Å². The third-order valence-electron chi connectivity index (χ3n) is 17.0. The number of aliphatic hydroxyl groups is 1. The van der Waals surface area contributed by atoms with Crippen LogP contribution in [0.2, 0.25) is 0 Å². The summed E-state index contributed by atoms with van der Waals surface area (Å²) in [6.45, 7) is 14.5. The van der Waals surface area contributed by atoms with Crippen LogP contribution >= 0.6 is 0 Å². The molecule has 0 aliphatic carbocycles. The molecule has 26 heteroatoms. The van der Waals surface area contributed by atoms with Crippen molar-refractivity contribution in [3.05, 3.63) is 23.8 Å². The number of piperazine rings is 2. The SMILES string of the molecule is C#CCOCCOCCOCCNc1nc(N2CCN(C(=O)CCCCCCCCCCNC(=O)[C@@H](CCCCN)n3cc(C[C@@H](C)CC)nn3)CC2)nc(N2CCN(C(=O)CCCCCCCCCCNC(=O)[C@H](CCCCN)n3cc(CCO)nn3)CC2)n1. The number of carbonyl (C=O) groups is 4. The number of nitrogens with zero attached hydrogens (tertiary/aromatic N) is 13. The number of aliphatic hydroxyl groups excluding tert-OH is 1. The summed E-state index contributed by atoms with van der Waals surface area (Å²) < 4.78 is 20.0. The van der Waals surface area contributed by atoms with Gasteiger partial charge in [0.25, 0.3) is 0 Å². The Morgan fingerprint density at radius 3 is 1.47 bits per heavy atom. The smallest absolute Gasteiger partial charge is 0.244 e. The Balaban J connectivity index is 0.958. The van der Waals surface area contributed by atoms with Gasteiger partial charge in [-0.2, -0.15) is 15.0 Å². The number of aromatic nitrogens is 9. The summed E-state index contributed by atoms with van der Waals surface area (Å²) in [4.78, 5) is 76.0. The molecule has 3 aromatic heterocycles. The van der Waals surface area contributed by atoms with Gasteiger partial charge in [0.05, 0.1) is 44.4 Å². The van der Waals surface area contributed by atoms with Crippen LogP contribution in [0.4, 0.5) is 17.8 Å². The molecule has 0 saturated carbocycles. The molecule has 3 atom stereocenters. The lowest BCUT2D eigenvalue weighted by Gasteiger charge is -2.36. The Kier molecular flexibility index (Phi) is 38.9. The van der Waals surface area contributed by atoms with Crippen molar-refractivity contribution in [2.75, 3.05) is 146 Å². The van der Waals surface area contributed by atoms with Crippen molar-refractivity contribution in [1.82, 2.24) is 65.4 Å². The fraction of sp³-hybridized carbons (Fsp3) is 0.800. The first-order valence-corrected chi connectivity index (χ1v) is 34.7. The summed E-state index contributed by atoms with van der Waals surface area (Å²) in [6.07, 6.45) is 33.7. The number of hydrogen-bond acceptors (Lipinski definition) is 20. The largest absolute Gasteiger partial charge is 0.396 e. The monoisotopic (exact) mass is 1270 g/mol. The second-order valence-corrected chi connectivity index (χ2v) is 24.3. The molecule has 3 aromatic rings. The van der Waals surface area contributed by atoms with Gasteiger partial charge in [-0.05, 0) is 89.6 Å². The molecule has 0 radical (unpaired) electrons. The van der Waals surface area contributed by atoms with Crippen LogP contribution in [0.5, 0.6) is 0 Å². The maximum absolute atomic E-state index is 13.4. The van der Waals surface area contributed by atoms with Gasteiger partial charge < -0.3 is 66.3 Å². The first kappa shape index (κ1) is 75.6. The van der Waals surface area contributed by atoms with E-state index in [1.807, 2.05) is 16.0 Å². The highest BCUT2D eigenvalue weighted by Crippen LogP contribution is 2.23. The fourth-order valence-corrected chi connectivity index (χ4v) is 11.2. The van der Waals surface area contributed by atoms with Crippen molar-refractivity contribution < 1.29 is 38.5 Å². The lowest BCUT2D eigenvalue weighted by atomic mass is 10.0. The molecule has 26 nitrogen and oxygen atoms in total. The predicted molar refractivity (Wildman–Crippen MR) is 354 cm³/mol. The Morgan fingerprint density at radius 2 is 1.01 bits per heavy atom. The van der Waals surface area contributed by atoms with Crippen LogP contribution in [-0.4, -0.2) is 215 Å². The van der Waals surface area contributed by atoms with Gasteiger partial charge in [-0.25, -0.2) is 9.36 Å². The molecule has 5 rings (SSSR count). The quantitative estimate of drug-likeness (QED) is 0.0297. The van der Waals surface area contributed by atoms with E-state index in [2.05, 4.69) is 66.1 Å². The van der Waals surface area contributed by atoms with Crippen LogP contribution in [-0.2, 0) is 46.2 Å². The summed E-state index contributed by atoms with van der Waals surface area (Å²) in [5.41, 5.74) is 13.0. The number of hydrogen-bond donors (Lipinski definition) is 6. The zero-order valence-electron chi connectivity index (χ0n) is 55.5. The van der Waals surface area contributed by atoms with Gasteiger partial charge >= 0.3 is 0 Å². The Hall–Kier alpha value is -6.11. The standard InChI is InChI=1S/C65H114N18O8/c1-4-45-89-47-49-91-50-48-90-46-35-70-63-71-64(80-40-36-78(37-41-80)59(85)28-18-14-10-6-8-12-16-24-33-68-61(87)57(26-20-22-31-66)82-52-55(30-44-84)74-76-82)73-65(72-63)81-42-38-79(39-43-81)60(86)29-19-15-11-7-9-13-17-25-34-69-62(88)58(27-21-23-32-67)83-53-56(75-77-83)51-54(3)5-2/h1,52-54,57-58,84H,5-51,66-67H2,2-3H3,(H,68,87)(H,69,88)(H,70,71,72,73)/t54-,57-,58+/m0/s1. The second-order valence-electron chi connectivity index (χ2n) is 24.3. The van der Waals surface area contributed by atoms with Crippen molar-refractivity contribution in [3.63, 3.8) is 0 Å². The zero-order valence-corrected chi connectivity index (χ0v) is 55.5. The summed E-state index contributed by atoms with van der Waals surface area (Å²) in [7, 11) is 0. The van der Waals surface area contributed by atoms with Gasteiger partial charge in [0.2, 0.25) is 41.5 Å². The molecule has 2 aliphatic heterocycles. The normalized spacial score (nSPS) is 14.5. The van der Waals surface area contributed by atoms with Crippen molar-refractivity contribution >= 4 is 41.5 Å². The summed E-state index contributed by atoms with van der Waals surface area (Å²) in [5.74, 6) is 4.83. The van der Waals surface area contributed by atoms with E-state index >= 15 is 0 Å². The number of rotatable bonds is 52. The number of carbonyl (C=O) groups excluding carboxylic acids is 4. The van der Waals surface area contributed by atoms with Gasteiger partial charge in [0.15, 0.2) is 0 Å². The topological polar surface area (TPSA) is 317 Å². The van der Waals surface area contributed by atoms with Crippen molar-refractivity contribution in [1.29, 1.82) is 0 Å². The maximum atomic E-state index is 13.4. The van der Waals surface area contributed by atoms with Gasteiger partial charge in [0, 0.05) is 110 Å². The lowest BCUT2D eigenvalue weighted by molar-refractivity contribution is -0.132. The van der Waals surface area contributed by atoms with Gasteiger partial charge in [-0.3, -0.25) is 19.2 Å². The molecule has 91 heavy (non-hydrogen) atoms. The first-order valence-electron chi connectivity index (χ1n) is 34.7. The number of nitrogens with one attached hydrogen (secondary N) is 3. The third-order valence-corrected chi connectivity index (χ3v) is 17.0. The molecule has 0 bridgehead atoms. The molecule has 0 unspecified atom stereocenters. The Morgan fingerprint density at radius 1 is 0.571 bits per heavy atom. The number of terminal acetylenes is 1. The molecule has 0 aromatic carbocycles. The second kappa shape index (κ2) is 46.9. The van der Waals surface area contributed by atoms with E-state index in [4.69, 9.17) is 47.1 Å². The number of ether oxygens (including phenoxy) is 3. The number of unbranched alkanes of at least 4 members (excludes halogenated alkanes) is 16. The number of amides is 4. The molecular formula is C65H114N18O8. The van der Waals surface area contributed by atoms with E-state index in [9.17, 15) is 24.3 Å². The fourth-order valence-electron chi connectivity index (χ4n) is 11.2. The van der Waals surface area contributed by atoms with Crippen LogP contribution in [0.15, 0.2) is 12.4 Å². The maximum Gasteiger partial charge on any atom is 0.244 e. The molecule has 5 heterocycles. The molecule has 512 valence electrons. The van der Waals surface area contributed by atoms with E-state index in [0.717, 1.165) is 147 Å². The van der Waals surface area contributed by atoms with Gasteiger partial charge in [-0.15, -0.1) is 16.6 Å². The van der Waals surface area contributed by atoms with Gasteiger partial charge in [-0.1, -0.05) is 114 Å².